The molecule has 0 bridgehead atoms. The van der Waals surface area contributed by atoms with Crippen molar-refractivity contribution in [3.63, 3.8) is 0 Å². The summed E-state index contributed by atoms with van der Waals surface area (Å²) >= 11 is 1.64. The van der Waals surface area contributed by atoms with E-state index in [4.69, 9.17) is 9.47 Å². The number of rotatable bonds is 8. The molecule has 0 fully saturated rings. The average Bonchev–Trinajstić information content (AvgIpc) is 2.89. The Hall–Kier alpha value is -1.53. The topological polar surface area (TPSA) is 49.2 Å². The molecule has 0 spiro atoms. The molecule has 2 aromatic rings. The van der Waals surface area contributed by atoms with Crippen LogP contribution in [0.2, 0.25) is 0 Å². The lowest BCUT2D eigenvalue weighted by atomic mass is 10.2. The van der Waals surface area contributed by atoms with Gasteiger partial charge in [0.2, 0.25) is 0 Å². The Bertz CT molecular complexity index is 531. The van der Waals surface area contributed by atoms with Crippen molar-refractivity contribution in [2.45, 2.75) is 18.6 Å². The Labute approximate surface area is 123 Å². The van der Waals surface area contributed by atoms with Gasteiger partial charge >= 0.3 is 0 Å². The summed E-state index contributed by atoms with van der Waals surface area (Å²) in [6.45, 7) is 4.13. The summed E-state index contributed by atoms with van der Waals surface area (Å²) in [6, 6.07) is 8.06. The number of thioether (sulfide) groups is 1. The quantitative estimate of drug-likeness (QED) is 0.552. The molecule has 0 aliphatic carbocycles. The van der Waals surface area contributed by atoms with Crippen LogP contribution in [0, 0.1) is 6.92 Å². The van der Waals surface area contributed by atoms with Gasteiger partial charge in [0.05, 0.1) is 13.2 Å². The van der Waals surface area contributed by atoms with Crippen LogP contribution in [0.1, 0.15) is 5.56 Å². The average molecular weight is 293 g/mol. The van der Waals surface area contributed by atoms with Gasteiger partial charge in [-0.3, -0.25) is 0 Å². The third-order valence-corrected chi connectivity index (χ3v) is 3.63. The third-order valence-electron chi connectivity index (χ3n) is 2.69. The van der Waals surface area contributed by atoms with Crippen LogP contribution in [0.4, 0.5) is 0 Å². The standard InChI is InChI=1S/C14H19N3O2S/c1-12-4-3-5-13(10-12)19-8-9-20-14-16-15-11-17(14)6-7-18-2/h3-5,10-11H,6-9H2,1-2H3. The lowest BCUT2D eigenvalue weighted by molar-refractivity contribution is 0.184. The molecule has 6 heteroatoms. The van der Waals surface area contributed by atoms with E-state index in [0.717, 1.165) is 23.2 Å². The van der Waals surface area contributed by atoms with Crippen molar-refractivity contribution in [3.05, 3.63) is 36.2 Å². The molecule has 2 rings (SSSR count). The van der Waals surface area contributed by atoms with Gasteiger partial charge in [-0.2, -0.15) is 0 Å². The van der Waals surface area contributed by atoms with E-state index in [2.05, 4.69) is 23.2 Å². The van der Waals surface area contributed by atoms with Gasteiger partial charge in [-0.25, -0.2) is 0 Å². The van der Waals surface area contributed by atoms with Crippen LogP contribution in [0.5, 0.6) is 5.75 Å². The number of aryl methyl sites for hydroxylation is 1. The SMILES string of the molecule is COCCn1cnnc1SCCOc1cccc(C)c1. The Morgan fingerprint density at radius 3 is 3.00 bits per heavy atom. The molecule has 0 unspecified atom stereocenters. The van der Waals surface area contributed by atoms with Crippen molar-refractivity contribution >= 4 is 11.8 Å². The van der Waals surface area contributed by atoms with Crippen molar-refractivity contribution in [1.82, 2.24) is 14.8 Å². The predicted molar refractivity (Wildman–Crippen MR) is 79.3 cm³/mol. The molecule has 0 radical (unpaired) electrons. The fourth-order valence-corrected chi connectivity index (χ4v) is 2.46. The largest absolute Gasteiger partial charge is 0.493 e. The van der Waals surface area contributed by atoms with E-state index < -0.39 is 0 Å². The Morgan fingerprint density at radius 1 is 1.30 bits per heavy atom. The van der Waals surface area contributed by atoms with Gasteiger partial charge in [0.25, 0.3) is 0 Å². The monoisotopic (exact) mass is 293 g/mol. The highest BCUT2D eigenvalue weighted by molar-refractivity contribution is 7.99. The molecule has 0 saturated heterocycles. The van der Waals surface area contributed by atoms with Crippen LogP contribution in [-0.2, 0) is 11.3 Å². The molecule has 0 atom stereocenters. The molecule has 0 N–H and O–H groups in total. The predicted octanol–water partition coefficient (Wildman–Crippen LogP) is 2.40. The Balaban J connectivity index is 1.74. The lowest BCUT2D eigenvalue weighted by Crippen LogP contribution is -2.06. The summed E-state index contributed by atoms with van der Waals surface area (Å²) in [5.41, 5.74) is 1.20. The summed E-state index contributed by atoms with van der Waals surface area (Å²) in [7, 11) is 1.69. The van der Waals surface area contributed by atoms with Crippen LogP contribution in [0.3, 0.4) is 0 Å². The molecule has 5 nitrogen and oxygen atoms in total. The van der Waals surface area contributed by atoms with E-state index in [1.807, 2.05) is 22.8 Å². The first-order chi connectivity index (χ1) is 9.79. The first-order valence-electron chi connectivity index (χ1n) is 6.48. The number of hydrogen-bond acceptors (Lipinski definition) is 5. The van der Waals surface area contributed by atoms with Gasteiger partial charge in [-0.15, -0.1) is 10.2 Å². The number of benzene rings is 1. The molecule has 1 heterocycles. The molecular weight excluding hydrogens is 274 g/mol. The van der Waals surface area contributed by atoms with Gasteiger partial charge in [-0.1, -0.05) is 23.9 Å². The van der Waals surface area contributed by atoms with Gasteiger partial charge in [0, 0.05) is 19.4 Å². The van der Waals surface area contributed by atoms with E-state index >= 15 is 0 Å². The summed E-state index contributed by atoms with van der Waals surface area (Å²) in [4.78, 5) is 0. The molecular formula is C14H19N3O2S. The zero-order chi connectivity index (χ0) is 14.2. The fraction of sp³-hybridized carbons (Fsp3) is 0.429. The number of ether oxygens (including phenoxy) is 2. The molecule has 20 heavy (non-hydrogen) atoms. The zero-order valence-corrected chi connectivity index (χ0v) is 12.6. The van der Waals surface area contributed by atoms with Crippen molar-refractivity contribution in [1.29, 1.82) is 0 Å². The van der Waals surface area contributed by atoms with E-state index in [9.17, 15) is 0 Å². The van der Waals surface area contributed by atoms with E-state index in [1.54, 1.807) is 25.2 Å². The van der Waals surface area contributed by atoms with Gasteiger partial charge in [0.15, 0.2) is 5.16 Å². The first-order valence-corrected chi connectivity index (χ1v) is 7.47. The first kappa shape index (κ1) is 14.9. The van der Waals surface area contributed by atoms with Gasteiger partial charge in [-0.05, 0) is 24.6 Å². The Kier molecular flexibility index (Phi) is 5.88. The number of aromatic nitrogens is 3. The molecule has 0 aliphatic heterocycles. The number of hydrogen-bond donors (Lipinski definition) is 0. The maximum atomic E-state index is 5.70. The van der Waals surface area contributed by atoms with Crippen molar-refractivity contribution in [2.75, 3.05) is 26.1 Å². The van der Waals surface area contributed by atoms with Crippen molar-refractivity contribution in [3.8, 4) is 5.75 Å². The minimum Gasteiger partial charge on any atom is -0.493 e. The summed E-state index contributed by atoms with van der Waals surface area (Å²) < 4.78 is 12.7. The highest BCUT2D eigenvalue weighted by Gasteiger charge is 2.04. The molecule has 0 aliphatic rings. The number of methoxy groups -OCH3 is 1. The maximum Gasteiger partial charge on any atom is 0.191 e. The van der Waals surface area contributed by atoms with E-state index in [0.29, 0.717) is 13.2 Å². The molecule has 1 aromatic heterocycles. The van der Waals surface area contributed by atoms with Crippen molar-refractivity contribution in [2.24, 2.45) is 0 Å². The third kappa shape index (κ3) is 4.54. The molecule has 0 saturated carbocycles. The van der Waals surface area contributed by atoms with Gasteiger partial charge < -0.3 is 14.0 Å². The maximum absolute atomic E-state index is 5.70. The minimum absolute atomic E-state index is 0.644. The lowest BCUT2D eigenvalue weighted by Gasteiger charge is -2.07. The van der Waals surface area contributed by atoms with E-state index in [-0.39, 0.29) is 0 Å². The normalized spacial score (nSPS) is 10.7. The second kappa shape index (κ2) is 7.91. The smallest absolute Gasteiger partial charge is 0.191 e. The van der Waals surface area contributed by atoms with Crippen LogP contribution < -0.4 is 4.74 Å². The fourth-order valence-electron chi connectivity index (χ4n) is 1.70. The van der Waals surface area contributed by atoms with Gasteiger partial charge in [0.1, 0.15) is 12.1 Å². The van der Waals surface area contributed by atoms with Crippen LogP contribution in [-0.4, -0.2) is 40.8 Å². The van der Waals surface area contributed by atoms with E-state index in [1.165, 1.54) is 5.56 Å². The Morgan fingerprint density at radius 2 is 2.20 bits per heavy atom. The van der Waals surface area contributed by atoms with Crippen LogP contribution in [0.15, 0.2) is 35.7 Å². The second-order valence-corrected chi connectivity index (χ2v) is 5.38. The minimum atomic E-state index is 0.644. The highest BCUT2D eigenvalue weighted by Crippen LogP contribution is 2.16. The summed E-state index contributed by atoms with van der Waals surface area (Å²) in [5.74, 6) is 1.74. The molecule has 0 amide bonds. The summed E-state index contributed by atoms with van der Waals surface area (Å²) in [6.07, 6.45) is 1.72. The highest BCUT2D eigenvalue weighted by atomic mass is 32.2. The summed E-state index contributed by atoms with van der Waals surface area (Å²) in [5, 5.41) is 8.91. The molecule has 1 aromatic carbocycles. The van der Waals surface area contributed by atoms with Crippen molar-refractivity contribution < 1.29 is 9.47 Å². The van der Waals surface area contributed by atoms with Crippen LogP contribution in [0.25, 0.3) is 0 Å². The second-order valence-electron chi connectivity index (χ2n) is 4.31. The number of nitrogens with zero attached hydrogens (tertiary/aromatic N) is 3. The van der Waals surface area contributed by atoms with Crippen LogP contribution >= 0.6 is 11.8 Å². The molecule has 108 valence electrons. The zero-order valence-electron chi connectivity index (χ0n) is 11.8.